The van der Waals surface area contributed by atoms with Crippen molar-refractivity contribution in [3.63, 3.8) is 0 Å². The van der Waals surface area contributed by atoms with E-state index < -0.39 is 0 Å². The molecule has 0 saturated carbocycles. The van der Waals surface area contributed by atoms with Gasteiger partial charge in [0, 0.05) is 12.1 Å². The molecule has 0 aliphatic heterocycles. The van der Waals surface area contributed by atoms with Gasteiger partial charge in [0.25, 0.3) is 0 Å². The molecule has 0 aromatic heterocycles. The van der Waals surface area contributed by atoms with Crippen LogP contribution in [-0.2, 0) is 6.42 Å². The highest BCUT2D eigenvalue weighted by Gasteiger charge is 2.06. The van der Waals surface area contributed by atoms with Crippen LogP contribution in [0.3, 0.4) is 0 Å². The molecule has 21 heavy (non-hydrogen) atoms. The second-order valence-corrected chi connectivity index (χ2v) is 5.78. The van der Waals surface area contributed by atoms with Crippen LogP contribution in [0.2, 0.25) is 0 Å². The van der Waals surface area contributed by atoms with Crippen LogP contribution in [0.5, 0.6) is 5.75 Å². The molecule has 1 rings (SSSR count). The highest BCUT2D eigenvalue weighted by molar-refractivity contribution is 5.30. The standard InChI is InChI=1S/C18H30FNO/c1-3-5-6-7-8-9-10-21-18-13-15(11-16(19)14-18)12-17(20)4-2/h11,13-14,17H,3-10,12,20H2,1-2H3. The summed E-state index contributed by atoms with van der Waals surface area (Å²) in [7, 11) is 0. The number of halogens is 1. The SMILES string of the molecule is CCCCCCCCOc1cc(F)cc(CC(N)CC)c1. The zero-order valence-electron chi connectivity index (χ0n) is 13.5. The smallest absolute Gasteiger partial charge is 0.127 e. The fourth-order valence-corrected chi connectivity index (χ4v) is 2.34. The Morgan fingerprint density at radius 2 is 1.76 bits per heavy atom. The minimum atomic E-state index is -0.242. The molecule has 0 bridgehead atoms. The molecule has 0 saturated heterocycles. The molecule has 120 valence electrons. The summed E-state index contributed by atoms with van der Waals surface area (Å²) in [6.45, 7) is 4.92. The van der Waals surface area contributed by atoms with Gasteiger partial charge in [-0.15, -0.1) is 0 Å². The van der Waals surface area contributed by atoms with E-state index in [1.807, 2.05) is 13.0 Å². The Morgan fingerprint density at radius 1 is 1.05 bits per heavy atom. The van der Waals surface area contributed by atoms with Gasteiger partial charge in [-0.05, 0) is 37.0 Å². The summed E-state index contributed by atoms with van der Waals surface area (Å²) < 4.78 is 19.2. The zero-order valence-corrected chi connectivity index (χ0v) is 13.5. The normalized spacial score (nSPS) is 12.4. The highest BCUT2D eigenvalue weighted by Crippen LogP contribution is 2.18. The summed E-state index contributed by atoms with van der Waals surface area (Å²) in [4.78, 5) is 0. The molecular weight excluding hydrogens is 265 g/mol. The van der Waals surface area contributed by atoms with Crippen LogP contribution >= 0.6 is 0 Å². The lowest BCUT2D eigenvalue weighted by molar-refractivity contribution is 0.302. The molecule has 1 unspecified atom stereocenters. The van der Waals surface area contributed by atoms with Crippen LogP contribution in [0.1, 0.15) is 64.4 Å². The number of unbranched alkanes of at least 4 members (excludes halogenated alkanes) is 5. The first-order chi connectivity index (χ1) is 10.2. The van der Waals surface area contributed by atoms with Gasteiger partial charge in [-0.2, -0.15) is 0 Å². The molecule has 3 heteroatoms. The lowest BCUT2D eigenvalue weighted by Gasteiger charge is -2.11. The van der Waals surface area contributed by atoms with E-state index in [2.05, 4.69) is 6.92 Å². The average molecular weight is 295 g/mol. The van der Waals surface area contributed by atoms with E-state index in [4.69, 9.17) is 10.5 Å². The van der Waals surface area contributed by atoms with Gasteiger partial charge in [-0.1, -0.05) is 46.0 Å². The fourth-order valence-electron chi connectivity index (χ4n) is 2.34. The number of hydrogen-bond acceptors (Lipinski definition) is 2. The van der Waals surface area contributed by atoms with Gasteiger partial charge in [0.05, 0.1) is 6.61 Å². The summed E-state index contributed by atoms with van der Waals surface area (Å²) >= 11 is 0. The van der Waals surface area contributed by atoms with Crippen molar-refractivity contribution in [1.29, 1.82) is 0 Å². The molecular formula is C18H30FNO. The van der Waals surface area contributed by atoms with E-state index >= 15 is 0 Å². The van der Waals surface area contributed by atoms with Gasteiger partial charge in [-0.3, -0.25) is 0 Å². The van der Waals surface area contributed by atoms with E-state index in [9.17, 15) is 4.39 Å². The fraction of sp³-hybridized carbons (Fsp3) is 0.667. The molecule has 2 nitrogen and oxygen atoms in total. The molecule has 2 N–H and O–H groups in total. The monoisotopic (exact) mass is 295 g/mol. The second kappa shape index (κ2) is 10.6. The van der Waals surface area contributed by atoms with Crippen molar-refractivity contribution in [2.24, 2.45) is 5.73 Å². The van der Waals surface area contributed by atoms with Crippen molar-refractivity contribution >= 4 is 0 Å². The van der Waals surface area contributed by atoms with E-state index in [-0.39, 0.29) is 11.9 Å². The summed E-state index contributed by atoms with van der Waals surface area (Å²) in [6.07, 6.45) is 8.94. The quantitative estimate of drug-likeness (QED) is 0.593. The first kappa shape index (κ1) is 18.0. The minimum Gasteiger partial charge on any atom is -0.493 e. The maximum Gasteiger partial charge on any atom is 0.127 e. The number of hydrogen-bond donors (Lipinski definition) is 1. The Morgan fingerprint density at radius 3 is 2.48 bits per heavy atom. The predicted molar refractivity (Wildman–Crippen MR) is 87.2 cm³/mol. The highest BCUT2D eigenvalue weighted by atomic mass is 19.1. The van der Waals surface area contributed by atoms with E-state index in [1.165, 1.54) is 38.2 Å². The molecule has 0 fully saturated rings. The zero-order chi connectivity index (χ0) is 15.5. The van der Waals surface area contributed by atoms with Gasteiger partial charge in [-0.25, -0.2) is 4.39 Å². The first-order valence-corrected chi connectivity index (χ1v) is 8.33. The summed E-state index contributed by atoms with van der Waals surface area (Å²) in [5.74, 6) is 0.385. The second-order valence-electron chi connectivity index (χ2n) is 5.78. The van der Waals surface area contributed by atoms with Crippen molar-refractivity contribution in [1.82, 2.24) is 0 Å². The first-order valence-electron chi connectivity index (χ1n) is 8.33. The van der Waals surface area contributed by atoms with Crippen LogP contribution in [0.25, 0.3) is 0 Å². The molecule has 0 heterocycles. The largest absolute Gasteiger partial charge is 0.493 e. The maximum atomic E-state index is 13.6. The Hall–Kier alpha value is -1.09. The van der Waals surface area contributed by atoms with Gasteiger partial charge in [0.2, 0.25) is 0 Å². The van der Waals surface area contributed by atoms with Crippen molar-refractivity contribution < 1.29 is 9.13 Å². The van der Waals surface area contributed by atoms with Gasteiger partial charge >= 0.3 is 0 Å². The third kappa shape index (κ3) is 8.05. The van der Waals surface area contributed by atoms with Crippen LogP contribution < -0.4 is 10.5 Å². The third-order valence-corrected chi connectivity index (χ3v) is 3.72. The Bertz CT molecular complexity index is 395. The summed E-state index contributed by atoms with van der Waals surface area (Å²) in [5.41, 5.74) is 6.84. The van der Waals surface area contributed by atoms with Crippen LogP contribution in [0.4, 0.5) is 4.39 Å². The minimum absolute atomic E-state index is 0.0817. The Labute approximate surface area is 128 Å². The predicted octanol–water partition coefficient (Wildman–Crippen LogP) is 4.84. The number of nitrogens with two attached hydrogens (primary N) is 1. The van der Waals surface area contributed by atoms with Crippen molar-refractivity contribution in [2.75, 3.05) is 6.61 Å². The van der Waals surface area contributed by atoms with Gasteiger partial charge in [0.1, 0.15) is 11.6 Å². The maximum absolute atomic E-state index is 13.6. The molecule has 0 amide bonds. The number of benzene rings is 1. The Balaban J connectivity index is 2.34. The molecule has 1 aromatic rings. The molecule has 0 spiro atoms. The van der Waals surface area contributed by atoms with Crippen molar-refractivity contribution in [2.45, 2.75) is 71.3 Å². The van der Waals surface area contributed by atoms with Gasteiger partial charge in [0.15, 0.2) is 0 Å². The Kier molecular flexibility index (Phi) is 9.07. The molecule has 0 radical (unpaired) electrons. The van der Waals surface area contributed by atoms with Crippen LogP contribution in [0.15, 0.2) is 18.2 Å². The average Bonchev–Trinajstić information content (AvgIpc) is 2.45. The van der Waals surface area contributed by atoms with E-state index in [1.54, 1.807) is 6.07 Å². The number of ether oxygens (including phenoxy) is 1. The van der Waals surface area contributed by atoms with Gasteiger partial charge < -0.3 is 10.5 Å². The molecule has 0 aliphatic rings. The van der Waals surface area contributed by atoms with E-state index in [0.717, 1.165) is 18.4 Å². The van der Waals surface area contributed by atoms with Crippen molar-refractivity contribution in [3.8, 4) is 5.75 Å². The number of rotatable bonds is 11. The summed E-state index contributed by atoms with van der Waals surface area (Å²) in [5, 5.41) is 0. The van der Waals surface area contributed by atoms with E-state index in [0.29, 0.717) is 18.8 Å². The molecule has 0 aliphatic carbocycles. The molecule has 1 atom stereocenters. The van der Waals surface area contributed by atoms with Crippen LogP contribution in [0, 0.1) is 5.82 Å². The third-order valence-electron chi connectivity index (χ3n) is 3.72. The lowest BCUT2D eigenvalue weighted by Crippen LogP contribution is -2.21. The van der Waals surface area contributed by atoms with Crippen molar-refractivity contribution in [3.05, 3.63) is 29.6 Å². The topological polar surface area (TPSA) is 35.2 Å². The molecule has 1 aromatic carbocycles. The van der Waals surface area contributed by atoms with Crippen LogP contribution in [-0.4, -0.2) is 12.6 Å². The summed E-state index contributed by atoms with van der Waals surface area (Å²) in [6, 6.07) is 5.00. The lowest BCUT2D eigenvalue weighted by atomic mass is 10.0.